The van der Waals surface area contributed by atoms with E-state index in [1.54, 1.807) is 6.20 Å². The summed E-state index contributed by atoms with van der Waals surface area (Å²) in [5.41, 5.74) is 1.12. The molecule has 82 valence electrons. The van der Waals surface area contributed by atoms with E-state index < -0.39 is 0 Å². The summed E-state index contributed by atoms with van der Waals surface area (Å²) >= 11 is 0. The van der Waals surface area contributed by atoms with Gasteiger partial charge in [-0.2, -0.15) is 0 Å². The van der Waals surface area contributed by atoms with Crippen LogP contribution in [0.4, 0.5) is 0 Å². The second kappa shape index (κ2) is 5.28. The first-order valence-corrected chi connectivity index (χ1v) is 5.21. The lowest BCUT2D eigenvalue weighted by atomic mass is 10.2. The van der Waals surface area contributed by atoms with E-state index in [0.29, 0.717) is 5.88 Å². The molecule has 0 radical (unpaired) electrons. The zero-order valence-corrected chi connectivity index (χ0v) is 9.18. The van der Waals surface area contributed by atoms with Gasteiger partial charge in [-0.3, -0.25) is 0 Å². The number of benzene rings is 1. The highest BCUT2D eigenvalue weighted by Gasteiger charge is 2.03. The Hall–Kier alpha value is -1.87. The van der Waals surface area contributed by atoms with Gasteiger partial charge >= 0.3 is 0 Å². The maximum atomic E-state index is 5.71. The smallest absolute Gasteiger partial charge is 0.219 e. The average Bonchev–Trinajstić information content (AvgIpc) is 2.33. The minimum absolute atomic E-state index is 0.617. The molecular formula is C13H14N2O. The van der Waals surface area contributed by atoms with E-state index in [0.717, 1.165) is 17.9 Å². The fraction of sp³-hybridized carbons (Fsp3) is 0.154. The van der Waals surface area contributed by atoms with E-state index >= 15 is 0 Å². The Kier molecular flexibility index (Phi) is 3.51. The third-order valence-corrected chi connectivity index (χ3v) is 2.19. The van der Waals surface area contributed by atoms with E-state index in [1.165, 1.54) is 0 Å². The Morgan fingerprint density at radius 2 is 1.94 bits per heavy atom. The minimum Gasteiger partial charge on any atom is -0.439 e. The van der Waals surface area contributed by atoms with Crippen molar-refractivity contribution < 1.29 is 4.74 Å². The molecule has 0 aliphatic carbocycles. The second-order valence-corrected chi connectivity index (χ2v) is 3.41. The number of nitrogens with zero attached hydrogens (tertiary/aromatic N) is 1. The molecule has 1 N–H and O–H groups in total. The SMILES string of the molecule is CNCc1ccccc1Oc1ccccn1. The topological polar surface area (TPSA) is 34.1 Å². The summed E-state index contributed by atoms with van der Waals surface area (Å²) in [6, 6.07) is 13.6. The standard InChI is InChI=1S/C13H14N2O/c1-14-10-11-6-2-3-7-12(11)16-13-8-4-5-9-15-13/h2-9,14H,10H2,1H3. The van der Waals surface area contributed by atoms with Gasteiger partial charge in [0.05, 0.1) is 0 Å². The minimum atomic E-state index is 0.617. The van der Waals surface area contributed by atoms with Crippen LogP contribution in [0.25, 0.3) is 0 Å². The van der Waals surface area contributed by atoms with Crippen LogP contribution in [0.2, 0.25) is 0 Å². The lowest BCUT2D eigenvalue weighted by Crippen LogP contribution is -2.06. The number of para-hydroxylation sites is 1. The van der Waals surface area contributed by atoms with Crippen LogP contribution in [-0.2, 0) is 6.54 Å². The summed E-state index contributed by atoms with van der Waals surface area (Å²) in [5.74, 6) is 1.46. The Balaban J connectivity index is 2.21. The molecule has 3 nitrogen and oxygen atoms in total. The van der Waals surface area contributed by atoms with Crippen LogP contribution >= 0.6 is 0 Å². The molecule has 0 aliphatic rings. The lowest BCUT2D eigenvalue weighted by Gasteiger charge is -2.09. The molecule has 1 aromatic carbocycles. The number of pyridine rings is 1. The highest BCUT2D eigenvalue weighted by Crippen LogP contribution is 2.23. The molecule has 0 unspecified atom stereocenters. The predicted molar refractivity (Wildman–Crippen MR) is 63.5 cm³/mol. The lowest BCUT2D eigenvalue weighted by molar-refractivity contribution is 0.455. The van der Waals surface area contributed by atoms with Crippen molar-refractivity contribution in [3.63, 3.8) is 0 Å². The van der Waals surface area contributed by atoms with Gasteiger partial charge in [-0.15, -0.1) is 0 Å². The molecule has 0 bridgehead atoms. The van der Waals surface area contributed by atoms with E-state index in [4.69, 9.17) is 4.74 Å². The highest BCUT2D eigenvalue weighted by molar-refractivity contribution is 5.35. The van der Waals surface area contributed by atoms with Gasteiger partial charge < -0.3 is 10.1 Å². The van der Waals surface area contributed by atoms with Crippen LogP contribution in [0, 0.1) is 0 Å². The van der Waals surface area contributed by atoms with Crippen molar-refractivity contribution in [3.05, 3.63) is 54.2 Å². The zero-order chi connectivity index (χ0) is 11.2. The van der Waals surface area contributed by atoms with E-state index in [2.05, 4.69) is 10.3 Å². The molecule has 1 heterocycles. The van der Waals surface area contributed by atoms with Crippen LogP contribution in [-0.4, -0.2) is 12.0 Å². The van der Waals surface area contributed by atoms with Crippen LogP contribution < -0.4 is 10.1 Å². The average molecular weight is 214 g/mol. The normalized spacial score (nSPS) is 10.1. The number of ether oxygens (including phenoxy) is 1. The Bertz CT molecular complexity index is 443. The van der Waals surface area contributed by atoms with E-state index in [1.807, 2.05) is 49.5 Å². The van der Waals surface area contributed by atoms with E-state index in [-0.39, 0.29) is 0 Å². The molecule has 0 aliphatic heterocycles. The van der Waals surface area contributed by atoms with Crippen molar-refractivity contribution in [2.24, 2.45) is 0 Å². The first-order valence-electron chi connectivity index (χ1n) is 5.21. The molecule has 2 rings (SSSR count). The summed E-state index contributed by atoms with van der Waals surface area (Å²) < 4.78 is 5.71. The number of aromatic nitrogens is 1. The van der Waals surface area contributed by atoms with Crippen LogP contribution in [0.3, 0.4) is 0 Å². The fourth-order valence-electron chi connectivity index (χ4n) is 1.46. The molecule has 3 heteroatoms. The van der Waals surface area contributed by atoms with Crippen LogP contribution in [0.5, 0.6) is 11.6 Å². The maximum Gasteiger partial charge on any atom is 0.219 e. The summed E-state index contributed by atoms with van der Waals surface area (Å²) in [4.78, 5) is 4.13. The highest BCUT2D eigenvalue weighted by atomic mass is 16.5. The summed E-state index contributed by atoms with van der Waals surface area (Å²) in [7, 11) is 1.91. The van der Waals surface area contributed by atoms with Crippen molar-refractivity contribution in [3.8, 4) is 11.6 Å². The second-order valence-electron chi connectivity index (χ2n) is 3.41. The molecule has 16 heavy (non-hydrogen) atoms. The molecule has 2 aromatic rings. The molecule has 0 saturated carbocycles. The summed E-state index contributed by atoms with van der Waals surface area (Å²) in [6.07, 6.45) is 1.72. The molecule has 0 saturated heterocycles. The number of rotatable bonds is 4. The van der Waals surface area contributed by atoms with Gasteiger partial charge in [0, 0.05) is 24.4 Å². The quantitative estimate of drug-likeness (QED) is 0.849. The first-order chi connectivity index (χ1) is 7.90. The molecule has 0 fully saturated rings. The van der Waals surface area contributed by atoms with Crippen LogP contribution in [0.15, 0.2) is 48.7 Å². The van der Waals surface area contributed by atoms with Gasteiger partial charge in [-0.25, -0.2) is 4.98 Å². The molecule has 0 amide bonds. The molecule has 0 atom stereocenters. The van der Waals surface area contributed by atoms with Gasteiger partial charge in [0.1, 0.15) is 5.75 Å². The third kappa shape index (κ3) is 2.58. The number of hydrogen-bond acceptors (Lipinski definition) is 3. The van der Waals surface area contributed by atoms with Gasteiger partial charge in [0.25, 0.3) is 0 Å². The van der Waals surface area contributed by atoms with Crippen LogP contribution in [0.1, 0.15) is 5.56 Å². The van der Waals surface area contributed by atoms with Gasteiger partial charge in [-0.1, -0.05) is 24.3 Å². The first kappa shape index (κ1) is 10.6. The van der Waals surface area contributed by atoms with E-state index in [9.17, 15) is 0 Å². The zero-order valence-electron chi connectivity index (χ0n) is 9.18. The molecular weight excluding hydrogens is 200 g/mol. The van der Waals surface area contributed by atoms with Gasteiger partial charge in [0.15, 0.2) is 0 Å². The number of nitrogens with one attached hydrogen (secondary N) is 1. The predicted octanol–water partition coefficient (Wildman–Crippen LogP) is 2.59. The van der Waals surface area contributed by atoms with Crippen molar-refractivity contribution in [1.82, 2.24) is 10.3 Å². The molecule has 1 aromatic heterocycles. The Labute approximate surface area is 95.1 Å². The summed E-state index contributed by atoms with van der Waals surface area (Å²) in [5, 5.41) is 3.11. The Morgan fingerprint density at radius 3 is 2.69 bits per heavy atom. The van der Waals surface area contributed by atoms with Gasteiger partial charge in [-0.05, 0) is 19.2 Å². The monoisotopic (exact) mass is 214 g/mol. The molecule has 0 spiro atoms. The van der Waals surface area contributed by atoms with Crippen molar-refractivity contribution in [2.45, 2.75) is 6.54 Å². The third-order valence-electron chi connectivity index (χ3n) is 2.19. The van der Waals surface area contributed by atoms with Crippen molar-refractivity contribution in [1.29, 1.82) is 0 Å². The fourth-order valence-corrected chi connectivity index (χ4v) is 1.46. The van der Waals surface area contributed by atoms with Gasteiger partial charge in [0.2, 0.25) is 5.88 Å². The maximum absolute atomic E-state index is 5.71. The van der Waals surface area contributed by atoms with Crippen molar-refractivity contribution >= 4 is 0 Å². The Morgan fingerprint density at radius 1 is 1.12 bits per heavy atom. The number of hydrogen-bond donors (Lipinski definition) is 1. The summed E-state index contributed by atoms with van der Waals surface area (Å²) in [6.45, 7) is 0.781. The largest absolute Gasteiger partial charge is 0.439 e. The van der Waals surface area contributed by atoms with Crippen molar-refractivity contribution in [2.75, 3.05) is 7.05 Å².